The largest absolute Gasteiger partial charge is 0.348 e. The molecule has 1 unspecified atom stereocenters. The quantitative estimate of drug-likeness (QED) is 0.424. The van der Waals surface area contributed by atoms with Crippen LogP contribution in [0.4, 0.5) is 8.78 Å². The summed E-state index contributed by atoms with van der Waals surface area (Å²) < 4.78 is 30.7. The summed E-state index contributed by atoms with van der Waals surface area (Å²) in [5.74, 6) is -2.70. The smallest absolute Gasteiger partial charge is 0.253 e. The van der Waals surface area contributed by atoms with Crippen LogP contribution < -0.4 is 10.6 Å². The molecule has 9 heteroatoms. The van der Waals surface area contributed by atoms with E-state index in [0.717, 1.165) is 11.6 Å². The second-order valence-corrected chi connectivity index (χ2v) is 8.38. The fourth-order valence-electron chi connectivity index (χ4n) is 3.78. The van der Waals surface area contributed by atoms with Crippen molar-refractivity contribution in [2.75, 3.05) is 0 Å². The predicted molar refractivity (Wildman–Crippen MR) is 126 cm³/mol. The van der Waals surface area contributed by atoms with Gasteiger partial charge >= 0.3 is 0 Å². The molecule has 3 aromatic rings. The van der Waals surface area contributed by atoms with Crippen LogP contribution in [-0.2, 0) is 22.6 Å². The third kappa shape index (κ3) is 5.98. The van der Waals surface area contributed by atoms with Gasteiger partial charge in [-0.2, -0.15) is 0 Å². The Balaban J connectivity index is 0.000000320. The first-order chi connectivity index (χ1) is 16.6. The van der Waals surface area contributed by atoms with Gasteiger partial charge in [-0.15, -0.1) is 0 Å². The van der Waals surface area contributed by atoms with Crippen molar-refractivity contribution in [1.82, 2.24) is 15.0 Å². The third-order valence-corrected chi connectivity index (χ3v) is 5.85. The molecule has 1 aliphatic rings. The second kappa shape index (κ2) is 11.0. The van der Waals surface area contributed by atoms with Crippen molar-refractivity contribution in [2.24, 2.45) is 5.92 Å². The lowest BCUT2D eigenvalue weighted by atomic mass is 9.97. The molecule has 0 saturated carbocycles. The Morgan fingerprint density at radius 2 is 1.91 bits per heavy atom. The molecule has 0 aliphatic carbocycles. The van der Waals surface area contributed by atoms with Crippen molar-refractivity contribution in [2.45, 2.75) is 46.6 Å². The number of carbonyl (C=O) groups is 4. The van der Waals surface area contributed by atoms with Crippen molar-refractivity contribution in [3.8, 4) is 0 Å². The third-order valence-electron chi connectivity index (χ3n) is 5.85. The summed E-state index contributed by atoms with van der Waals surface area (Å²) in [6, 6.07) is 8.27. The molecule has 0 radical (unpaired) electrons. The molecule has 1 atom stereocenters. The van der Waals surface area contributed by atoms with Crippen LogP contribution in [0.5, 0.6) is 0 Å². The first kappa shape index (κ1) is 25.7. The lowest BCUT2D eigenvalue weighted by Gasteiger charge is -2.15. The van der Waals surface area contributed by atoms with Crippen LogP contribution in [0.15, 0.2) is 42.7 Å². The number of benzene rings is 1. The number of halogens is 2. The van der Waals surface area contributed by atoms with E-state index < -0.39 is 23.3 Å². The summed E-state index contributed by atoms with van der Waals surface area (Å²) >= 11 is 0. The number of piperidine rings is 1. The molecule has 35 heavy (non-hydrogen) atoms. The Bertz CT molecular complexity index is 1270. The minimum Gasteiger partial charge on any atom is -0.348 e. The Morgan fingerprint density at radius 1 is 1.17 bits per heavy atom. The van der Waals surface area contributed by atoms with Gasteiger partial charge in [0.25, 0.3) is 5.91 Å². The Labute approximate surface area is 201 Å². The fourth-order valence-corrected chi connectivity index (χ4v) is 3.78. The number of ketones is 1. The van der Waals surface area contributed by atoms with Gasteiger partial charge in [0.1, 0.15) is 11.6 Å². The minimum atomic E-state index is -0.841. The van der Waals surface area contributed by atoms with E-state index in [9.17, 15) is 28.0 Å². The number of hydrogen-bond acceptors (Lipinski definition) is 4. The number of fused-ring (bicyclic) bond motifs is 1. The molecule has 184 valence electrons. The van der Waals surface area contributed by atoms with Crippen LogP contribution in [0.3, 0.4) is 0 Å². The van der Waals surface area contributed by atoms with Gasteiger partial charge in [-0.05, 0) is 49.6 Å². The van der Waals surface area contributed by atoms with Crippen LogP contribution in [0.25, 0.3) is 5.52 Å². The summed E-state index contributed by atoms with van der Waals surface area (Å²) in [4.78, 5) is 45.0. The summed E-state index contributed by atoms with van der Waals surface area (Å²) in [7, 11) is 0. The van der Waals surface area contributed by atoms with Crippen LogP contribution in [-0.4, -0.2) is 27.9 Å². The number of hydrogen-bond donors (Lipinski definition) is 2. The molecule has 1 aliphatic heterocycles. The molecule has 2 N–H and O–H groups in total. The average molecular weight is 484 g/mol. The van der Waals surface area contributed by atoms with Crippen LogP contribution in [0, 0.1) is 17.6 Å². The number of imide groups is 1. The number of nitrogens with zero attached hydrogens (tertiary/aromatic N) is 1. The van der Waals surface area contributed by atoms with Crippen molar-refractivity contribution >= 4 is 29.0 Å². The van der Waals surface area contributed by atoms with Crippen LogP contribution >= 0.6 is 0 Å². The van der Waals surface area contributed by atoms with Gasteiger partial charge in [0.2, 0.25) is 11.8 Å². The predicted octanol–water partition coefficient (Wildman–Crippen LogP) is 3.97. The topological polar surface area (TPSA) is 96.8 Å². The maximum absolute atomic E-state index is 14.6. The zero-order valence-corrected chi connectivity index (χ0v) is 19.8. The minimum absolute atomic E-state index is 0.0164. The number of amides is 3. The van der Waals surface area contributed by atoms with Gasteiger partial charge in [-0.1, -0.05) is 19.9 Å². The van der Waals surface area contributed by atoms with Crippen molar-refractivity contribution in [3.05, 3.63) is 76.6 Å². The highest BCUT2D eigenvalue weighted by molar-refractivity contribution is 5.98. The highest BCUT2D eigenvalue weighted by Gasteiger charge is 2.22. The Morgan fingerprint density at radius 3 is 2.51 bits per heavy atom. The molecule has 3 amide bonds. The molecular weight excluding hydrogens is 456 g/mol. The lowest BCUT2D eigenvalue weighted by molar-refractivity contribution is -0.135. The summed E-state index contributed by atoms with van der Waals surface area (Å²) in [6.45, 7) is 4.49. The molecule has 1 saturated heterocycles. The molecule has 4 rings (SSSR count). The molecule has 7 nitrogen and oxygen atoms in total. The van der Waals surface area contributed by atoms with E-state index in [0.29, 0.717) is 18.4 Å². The highest BCUT2D eigenvalue weighted by atomic mass is 19.1. The molecule has 3 heterocycles. The number of Topliss-reactive ketones (excluding diaryl/α,β-unsaturated/α-hetero) is 1. The fraction of sp³-hybridized carbons (Fsp3) is 0.308. The molecule has 2 aromatic heterocycles. The van der Waals surface area contributed by atoms with Gasteiger partial charge in [-0.3, -0.25) is 24.5 Å². The van der Waals surface area contributed by atoms with Crippen molar-refractivity contribution in [3.63, 3.8) is 0 Å². The van der Waals surface area contributed by atoms with Crippen LogP contribution in [0.2, 0.25) is 0 Å². The number of rotatable bonds is 5. The SMILES string of the molecule is CC1CCC(=O)NC1=O.CCc1c(C(C)=O)cc(F)c(CNC(=O)c2cc3ccccn3c2)c1F. The maximum Gasteiger partial charge on any atom is 0.253 e. The first-order valence-electron chi connectivity index (χ1n) is 11.3. The number of pyridine rings is 1. The summed E-state index contributed by atoms with van der Waals surface area (Å²) in [6.07, 6.45) is 4.90. The number of nitrogens with one attached hydrogen (secondary N) is 2. The zero-order chi connectivity index (χ0) is 25.7. The molecule has 1 fully saturated rings. The van der Waals surface area contributed by atoms with E-state index in [2.05, 4.69) is 10.6 Å². The van der Waals surface area contributed by atoms with Crippen molar-refractivity contribution < 1.29 is 28.0 Å². The van der Waals surface area contributed by atoms with E-state index in [1.54, 1.807) is 29.8 Å². The Hall–Kier alpha value is -3.88. The summed E-state index contributed by atoms with van der Waals surface area (Å²) in [5.41, 5.74) is 1.19. The van der Waals surface area contributed by atoms with Gasteiger partial charge in [0.05, 0.1) is 5.56 Å². The van der Waals surface area contributed by atoms with Crippen molar-refractivity contribution in [1.29, 1.82) is 0 Å². The second-order valence-electron chi connectivity index (χ2n) is 8.38. The van der Waals surface area contributed by atoms with E-state index in [-0.39, 0.29) is 47.4 Å². The highest BCUT2D eigenvalue weighted by Crippen LogP contribution is 2.23. The average Bonchev–Trinajstić information content (AvgIpc) is 3.26. The number of aromatic nitrogens is 1. The lowest BCUT2D eigenvalue weighted by Crippen LogP contribution is -2.39. The normalized spacial score (nSPS) is 15.3. The van der Waals surface area contributed by atoms with E-state index >= 15 is 0 Å². The van der Waals surface area contributed by atoms with Gasteiger partial charge in [0.15, 0.2) is 5.78 Å². The first-order valence-corrected chi connectivity index (χ1v) is 11.3. The monoisotopic (exact) mass is 483 g/mol. The molecule has 1 aromatic carbocycles. The van der Waals surface area contributed by atoms with Gasteiger partial charge in [-0.25, -0.2) is 8.78 Å². The summed E-state index contributed by atoms with van der Waals surface area (Å²) in [5, 5.41) is 4.79. The van der Waals surface area contributed by atoms with E-state index in [1.807, 2.05) is 25.1 Å². The molecule has 0 bridgehead atoms. The maximum atomic E-state index is 14.6. The molecular formula is C26H27F2N3O4. The van der Waals surface area contributed by atoms with Crippen LogP contribution in [0.1, 0.15) is 65.5 Å². The standard InChI is InChI=1S/C20H18F2N2O2.C6H9NO2/c1-3-15-16(12(2)25)9-18(21)17(19(15)22)10-23-20(26)13-8-14-6-4-5-7-24(14)11-13;1-4-2-3-5(8)7-6(4)9/h4-9,11H,3,10H2,1-2H3,(H,23,26);4H,2-3H2,1H3,(H,7,8,9). The number of carbonyl (C=O) groups excluding carboxylic acids is 4. The van der Waals surface area contributed by atoms with Gasteiger partial charge < -0.3 is 9.72 Å². The van der Waals surface area contributed by atoms with E-state index in [4.69, 9.17) is 0 Å². The Kier molecular flexibility index (Phi) is 8.11. The molecule has 0 spiro atoms. The van der Waals surface area contributed by atoms with E-state index in [1.165, 1.54) is 6.92 Å². The zero-order valence-electron chi connectivity index (χ0n) is 19.8. The van der Waals surface area contributed by atoms with Gasteiger partial charge in [0, 0.05) is 47.9 Å².